The van der Waals surface area contributed by atoms with Crippen LogP contribution < -0.4 is 4.74 Å². The van der Waals surface area contributed by atoms with Crippen molar-refractivity contribution in [1.82, 2.24) is 0 Å². The maximum absolute atomic E-state index is 13.0. The number of hydrogen-bond acceptors (Lipinski definition) is 3. The number of hydrogen-bond donors (Lipinski definition) is 1. The Morgan fingerprint density at radius 2 is 2.31 bits per heavy atom. The average molecular weight is 181 g/mol. The third kappa shape index (κ3) is 1.60. The van der Waals surface area contributed by atoms with E-state index in [1.165, 1.54) is 13.2 Å². The van der Waals surface area contributed by atoms with Crippen LogP contribution in [0.5, 0.6) is 5.75 Å². The molecule has 0 radical (unpaired) electrons. The van der Waals surface area contributed by atoms with Gasteiger partial charge in [-0.1, -0.05) is 0 Å². The van der Waals surface area contributed by atoms with Gasteiger partial charge in [0.1, 0.15) is 17.6 Å². The number of nitrogens with zero attached hydrogens (tertiary/aromatic N) is 1. The summed E-state index contributed by atoms with van der Waals surface area (Å²) in [6, 6.07) is 4.29. The summed E-state index contributed by atoms with van der Waals surface area (Å²) in [5.74, 6) is -0.469. The Bertz CT molecular complexity index is 357. The number of benzene rings is 1. The zero-order chi connectivity index (χ0) is 9.84. The molecule has 0 spiro atoms. The Balaban J connectivity index is 3.38. The molecule has 1 N–H and O–H groups in total. The monoisotopic (exact) mass is 181 g/mol. The average Bonchev–Trinajstić information content (AvgIpc) is 2.17. The normalized spacial score (nSPS) is 9.38. The van der Waals surface area contributed by atoms with E-state index in [2.05, 4.69) is 0 Å². The third-order valence-corrected chi connectivity index (χ3v) is 1.69. The van der Waals surface area contributed by atoms with Gasteiger partial charge in [0.15, 0.2) is 0 Å². The first kappa shape index (κ1) is 9.49. The van der Waals surface area contributed by atoms with Crippen molar-refractivity contribution < 1.29 is 14.2 Å². The van der Waals surface area contributed by atoms with Crippen molar-refractivity contribution >= 4 is 0 Å². The molecule has 0 atom stereocenters. The van der Waals surface area contributed by atoms with Crippen LogP contribution in [0.15, 0.2) is 12.1 Å². The van der Waals surface area contributed by atoms with Gasteiger partial charge in [0.2, 0.25) is 0 Å². The molecule has 1 aromatic carbocycles. The highest BCUT2D eigenvalue weighted by atomic mass is 19.1. The molecule has 3 nitrogen and oxygen atoms in total. The molecule has 1 aromatic rings. The fourth-order valence-corrected chi connectivity index (χ4v) is 1.07. The Hall–Kier alpha value is -1.60. The van der Waals surface area contributed by atoms with Crippen LogP contribution in [0.4, 0.5) is 4.39 Å². The van der Waals surface area contributed by atoms with Crippen molar-refractivity contribution in [3.63, 3.8) is 0 Å². The van der Waals surface area contributed by atoms with Crippen molar-refractivity contribution in [2.45, 2.75) is 6.61 Å². The predicted octanol–water partition coefficient (Wildman–Crippen LogP) is 1.20. The van der Waals surface area contributed by atoms with Gasteiger partial charge >= 0.3 is 0 Å². The van der Waals surface area contributed by atoms with Crippen LogP contribution in [-0.4, -0.2) is 12.2 Å². The lowest BCUT2D eigenvalue weighted by molar-refractivity contribution is 0.267. The minimum atomic E-state index is -0.571. The summed E-state index contributed by atoms with van der Waals surface area (Å²) in [5, 5.41) is 17.4. The molecular formula is C9H8FNO2. The molecule has 0 aliphatic rings. The molecule has 13 heavy (non-hydrogen) atoms. The minimum absolute atomic E-state index is 0.0153. The Morgan fingerprint density at radius 3 is 2.77 bits per heavy atom. The van der Waals surface area contributed by atoms with Crippen LogP contribution in [0, 0.1) is 17.1 Å². The Labute approximate surface area is 75.0 Å². The number of nitriles is 1. The lowest BCUT2D eigenvalue weighted by atomic mass is 10.1. The van der Waals surface area contributed by atoms with Gasteiger partial charge in [-0.3, -0.25) is 0 Å². The second-order valence-electron chi connectivity index (χ2n) is 2.38. The predicted molar refractivity (Wildman–Crippen MR) is 43.6 cm³/mol. The maximum Gasteiger partial charge on any atom is 0.145 e. The highest BCUT2D eigenvalue weighted by Gasteiger charge is 2.12. The Morgan fingerprint density at radius 1 is 1.62 bits per heavy atom. The standard InChI is InChI=1S/C9H8FNO2/c1-13-9-6(4-11)2-3-8(10)7(9)5-12/h2-3,12H,5H2,1H3. The number of rotatable bonds is 2. The molecule has 0 aliphatic heterocycles. The molecule has 0 unspecified atom stereocenters. The molecule has 68 valence electrons. The zero-order valence-electron chi connectivity index (χ0n) is 7.04. The highest BCUT2D eigenvalue weighted by Crippen LogP contribution is 2.25. The Kier molecular flexibility index (Phi) is 2.83. The quantitative estimate of drug-likeness (QED) is 0.745. The number of halogens is 1. The van der Waals surface area contributed by atoms with Gasteiger partial charge in [0, 0.05) is 0 Å². The summed E-state index contributed by atoms with van der Waals surface area (Å²) < 4.78 is 17.8. The summed E-state index contributed by atoms with van der Waals surface area (Å²) in [4.78, 5) is 0. The second-order valence-corrected chi connectivity index (χ2v) is 2.38. The van der Waals surface area contributed by atoms with Crippen LogP contribution in [0.3, 0.4) is 0 Å². The van der Waals surface area contributed by atoms with E-state index in [9.17, 15) is 4.39 Å². The van der Waals surface area contributed by atoms with Gasteiger partial charge in [-0.05, 0) is 12.1 Å². The summed E-state index contributed by atoms with van der Waals surface area (Å²) in [6.45, 7) is -0.482. The van der Waals surface area contributed by atoms with E-state index in [-0.39, 0.29) is 16.9 Å². The van der Waals surface area contributed by atoms with E-state index >= 15 is 0 Å². The molecule has 0 fully saturated rings. The van der Waals surface area contributed by atoms with Crippen LogP contribution >= 0.6 is 0 Å². The third-order valence-electron chi connectivity index (χ3n) is 1.69. The molecule has 0 saturated carbocycles. The fourth-order valence-electron chi connectivity index (χ4n) is 1.07. The lowest BCUT2D eigenvalue weighted by Gasteiger charge is -2.08. The van der Waals surface area contributed by atoms with Crippen molar-refractivity contribution in [2.75, 3.05) is 7.11 Å². The van der Waals surface area contributed by atoms with E-state index in [1.54, 1.807) is 0 Å². The van der Waals surface area contributed by atoms with Crippen LogP contribution in [-0.2, 0) is 6.61 Å². The van der Waals surface area contributed by atoms with Crippen molar-refractivity contribution in [1.29, 1.82) is 5.26 Å². The number of methoxy groups -OCH3 is 1. The summed E-state index contributed by atoms with van der Waals surface area (Å²) in [5.41, 5.74) is 0.231. The largest absolute Gasteiger partial charge is 0.495 e. The first-order chi connectivity index (χ1) is 6.24. The van der Waals surface area contributed by atoms with Gasteiger partial charge in [-0.2, -0.15) is 5.26 Å². The van der Waals surface area contributed by atoms with E-state index in [0.717, 1.165) is 6.07 Å². The number of aliphatic hydroxyl groups is 1. The number of ether oxygens (including phenoxy) is 1. The van der Waals surface area contributed by atoms with Gasteiger partial charge in [0.05, 0.1) is 24.8 Å². The first-order valence-corrected chi connectivity index (χ1v) is 3.61. The van der Waals surface area contributed by atoms with Gasteiger partial charge in [-0.25, -0.2) is 4.39 Å². The molecule has 0 heterocycles. The zero-order valence-corrected chi connectivity index (χ0v) is 7.04. The SMILES string of the molecule is COc1c(C#N)ccc(F)c1CO. The van der Waals surface area contributed by atoms with Crippen LogP contribution in [0.2, 0.25) is 0 Å². The second kappa shape index (κ2) is 3.87. The minimum Gasteiger partial charge on any atom is -0.495 e. The fraction of sp³-hybridized carbons (Fsp3) is 0.222. The summed E-state index contributed by atoms with van der Waals surface area (Å²) in [6.07, 6.45) is 0. The molecule has 1 rings (SSSR count). The first-order valence-electron chi connectivity index (χ1n) is 3.61. The summed E-state index contributed by atoms with van der Waals surface area (Å²) in [7, 11) is 1.33. The topological polar surface area (TPSA) is 53.2 Å². The van der Waals surface area contributed by atoms with Crippen LogP contribution in [0.1, 0.15) is 11.1 Å². The van der Waals surface area contributed by atoms with Crippen molar-refractivity contribution in [3.05, 3.63) is 29.1 Å². The highest BCUT2D eigenvalue weighted by molar-refractivity contribution is 5.48. The van der Waals surface area contributed by atoms with E-state index in [0.29, 0.717) is 0 Å². The maximum atomic E-state index is 13.0. The molecule has 0 amide bonds. The van der Waals surface area contributed by atoms with E-state index in [4.69, 9.17) is 15.1 Å². The molecule has 0 bridgehead atoms. The molecule has 0 saturated heterocycles. The van der Waals surface area contributed by atoms with Gasteiger partial charge in [0.25, 0.3) is 0 Å². The van der Waals surface area contributed by atoms with E-state index in [1.807, 2.05) is 6.07 Å². The van der Waals surface area contributed by atoms with Gasteiger partial charge < -0.3 is 9.84 Å². The van der Waals surface area contributed by atoms with E-state index < -0.39 is 12.4 Å². The number of aliphatic hydroxyl groups excluding tert-OH is 1. The summed E-state index contributed by atoms with van der Waals surface area (Å²) >= 11 is 0. The molecular weight excluding hydrogens is 173 g/mol. The smallest absolute Gasteiger partial charge is 0.145 e. The molecule has 0 aromatic heterocycles. The van der Waals surface area contributed by atoms with Crippen molar-refractivity contribution in [3.8, 4) is 11.8 Å². The lowest BCUT2D eigenvalue weighted by Crippen LogP contribution is -1.98. The van der Waals surface area contributed by atoms with Gasteiger partial charge in [-0.15, -0.1) is 0 Å². The molecule has 4 heteroatoms. The molecule has 0 aliphatic carbocycles. The van der Waals surface area contributed by atoms with Crippen molar-refractivity contribution in [2.24, 2.45) is 0 Å². The van der Waals surface area contributed by atoms with Crippen LogP contribution in [0.25, 0.3) is 0 Å².